The average Bonchev–Trinajstić information content (AvgIpc) is 3.10. The third-order valence-corrected chi connectivity index (χ3v) is 11.1. The maximum atomic E-state index is 12.7. The lowest BCUT2D eigenvalue weighted by atomic mass is 9.45. The van der Waals surface area contributed by atoms with Crippen LogP contribution in [-0.2, 0) is 14.3 Å². The van der Waals surface area contributed by atoms with E-state index in [0.717, 1.165) is 37.0 Å². The SMILES string of the molecule is C[C@@]12CCC[C@H]1[C@@H]1CC[C@H]3C[C@@H](OS(=O)(=O)c4ccccc4)CC[C@]3(C)[C@H]1CC2. The quantitative estimate of drug-likeness (QED) is 0.552. The van der Waals surface area contributed by atoms with Crippen molar-refractivity contribution in [3.8, 4) is 0 Å². The number of rotatable bonds is 3. The summed E-state index contributed by atoms with van der Waals surface area (Å²) >= 11 is 0. The first kappa shape index (κ1) is 20.1. The summed E-state index contributed by atoms with van der Waals surface area (Å²) in [5, 5.41) is 0. The molecule has 7 atom stereocenters. The fraction of sp³-hybridized carbons (Fsp3) is 0.760. The highest BCUT2D eigenvalue weighted by Crippen LogP contribution is 2.66. The van der Waals surface area contributed by atoms with Crippen LogP contribution in [0, 0.1) is 34.5 Å². The number of hydrogen-bond acceptors (Lipinski definition) is 3. The Morgan fingerprint density at radius 2 is 1.69 bits per heavy atom. The van der Waals surface area contributed by atoms with Gasteiger partial charge in [0.2, 0.25) is 0 Å². The van der Waals surface area contributed by atoms with E-state index in [1.54, 1.807) is 24.3 Å². The summed E-state index contributed by atoms with van der Waals surface area (Å²) < 4.78 is 31.2. The Bertz CT molecular complexity index is 850. The van der Waals surface area contributed by atoms with Gasteiger partial charge in [-0.2, -0.15) is 8.42 Å². The Morgan fingerprint density at radius 3 is 2.48 bits per heavy atom. The van der Waals surface area contributed by atoms with Crippen LogP contribution in [0.25, 0.3) is 0 Å². The second kappa shape index (κ2) is 7.09. The Kier molecular flexibility index (Phi) is 4.90. The van der Waals surface area contributed by atoms with E-state index in [9.17, 15) is 8.42 Å². The van der Waals surface area contributed by atoms with Crippen LogP contribution in [0.15, 0.2) is 35.2 Å². The summed E-state index contributed by atoms with van der Waals surface area (Å²) in [4.78, 5) is 0.282. The van der Waals surface area contributed by atoms with Crippen LogP contribution in [0.2, 0.25) is 0 Å². The standard InChI is InChI=1S/C25H36O3S/c1-24-14-6-9-22(24)21-11-10-18-17-19(12-16-25(18,2)23(21)13-15-24)28-29(26,27)20-7-4-3-5-8-20/h3-5,7-8,18-19,21-23H,6,9-17H2,1-2H3/t18-,19-,21-,22-,23-,24-,25-/m0/s1. The van der Waals surface area contributed by atoms with Crippen LogP contribution >= 0.6 is 0 Å². The molecule has 4 fully saturated rings. The Hall–Kier alpha value is -0.870. The molecule has 4 saturated carbocycles. The molecule has 1 aromatic rings. The molecule has 0 bridgehead atoms. The van der Waals surface area contributed by atoms with Gasteiger partial charge in [0.1, 0.15) is 0 Å². The minimum absolute atomic E-state index is 0.157. The zero-order valence-electron chi connectivity index (χ0n) is 18.0. The number of benzene rings is 1. The van der Waals surface area contributed by atoms with Gasteiger partial charge in [-0.05, 0) is 104 Å². The van der Waals surface area contributed by atoms with Crippen LogP contribution in [0.5, 0.6) is 0 Å². The highest BCUT2D eigenvalue weighted by atomic mass is 32.2. The summed E-state index contributed by atoms with van der Waals surface area (Å²) in [6.45, 7) is 5.10. The Morgan fingerprint density at radius 1 is 0.897 bits per heavy atom. The van der Waals surface area contributed by atoms with Gasteiger partial charge in [-0.25, -0.2) is 0 Å². The third-order valence-electron chi connectivity index (χ3n) is 9.69. The van der Waals surface area contributed by atoms with Gasteiger partial charge in [0.25, 0.3) is 10.1 Å². The first-order valence-electron chi connectivity index (χ1n) is 11.8. The van der Waals surface area contributed by atoms with Crippen molar-refractivity contribution in [1.29, 1.82) is 0 Å². The second-order valence-electron chi connectivity index (χ2n) is 11.0. The molecule has 0 radical (unpaired) electrons. The number of hydrogen-bond donors (Lipinski definition) is 0. The van der Waals surface area contributed by atoms with Crippen molar-refractivity contribution >= 4 is 10.1 Å². The molecule has 0 amide bonds. The second-order valence-corrected chi connectivity index (χ2v) is 12.6. The van der Waals surface area contributed by atoms with Crippen molar-refractivity contribution in [3.05, 3.63) is 30.3 Å². The van der Waals surface area contributed by atoms with Gasteiger partial charge in [0, 0.05) is 0 Å². The first-order valence-corrected chi connectivity index (χ1v) is 13.2. The van der Waals surface area contributed by atoms with Gasteiger partial charge in [0.05, 0.1) is 11.0 Å². The van der Waals surface area contributed by atoms with E-state index in [4.69, 9.17) is 4.18 Å². The normalized spacial score (nSPS) is 44.6. The molecule has 5 rings (SSSR count). The number of fused-ring (bicyclic) bond motifs is 5. The van der Waals surface area contributed by atoms with E-state index >= 15 is 0 Å². The van der Waals surface area contributed by atoms with Gasteiger partial charge in [0.15, 0.2) is 0 Å². The summed E-state index contributed by atoms with van der Waals surface area (Å²) in [5.41, 5.74) is 0.984. The minimum atomic E-state index is -3.66. The lowest BCUT2D eigenvalue weighted by molar-refractivity contribution is -0.117. The maximum absolute atomic E-state index is 12.7. The lowest BCUT2D eigenvalue weighted by Crippen LogP contribution is -2.53. The molecule has 3 nitrogen and oxygen atoms in total. The van der Waals surface area contributed by atoms with Gasteiger partial charge in [-0.15, -0.1) is 0 Å². The fourth-order valence-corrected chi connectivity index (χ4v) is 9.26. The van der Waals surface area contributed by atoms with E-state index in [2.05, 4.69) is 13.8 Å². The molecule has 29 heavy (non-hydrogen) atoms. The maximum Gasteiger partial charge on any atom is 0.297 e. The molecule has 0 aromatic heterocycles. The van der Waals surface area contributed by atoms with Gasteiger partial charge in [-0.3, -0.25) is 4.18 Å². The van der Waals surface area contributed by atoms with Crippen LogP contribution < -0.4 is 0 Å². The van der Waals surface area contributed by atoms with Gasteiger partial charge < -0.3 is 0 Å². The molecule has 0 unspecified atom stereocenters. The topological polar surface area (TPSA) is 43.4 Å². The highest BCUT2D eigenvalue weighted by molar-refractivity contribution is 7.86. The van der Waals surface area contributed by atoms with Crippen molar-refractivity contribution in [3.63, 3.8) is 0 Å². The largest absolute Gasteiger partial charge is 0.297 e. The van der Waals surface area contributed by atoms with Crippen LogP contribution in [0.4, 0.5) is 0 Å². The lowest BCUT2D eigenvalue weighted by Gasteiger charge is -2.60. The molecule has 0 N–H and O–H groups in total. The molecule has 4 aliphatic rings. The Labute approximate surface area is 176 Å². The molecule has 1 aromatic carbocycles. The van der Waals surface area contributed by atoms with Crippen molar-refractivity contribution in [1.82, 2.24) is 0 Å². The molecular formula is C25H36O3S. The molecular weight excluding hydrogens is 380 g/mol. The average molecular weight is 417 g/mol. The van der Waals surface area contributed by atoms with Crippen molar-refractivity contribution in [2.75, 3.05) is 0 Å². The van der Waals surface area contributed by atoms with E-state index in [0.29, 0.717) is 16.7 Å². The van der Waals surface area contributed by atoms with Crippen molar-refractivity contribution in [2.24, 2.45) is 34.5 Å². The first-order chi connectivity index (χ1) is 13.8. The molecule has 0 saturated heterocycles. The van der Waals surface area contributed by atoms with E-state index in [-0.39, 0.29) is 11.0 Å². The van der Waals surface area contributed by atoms with E-state index in [1.807, 2.05) is 6.07 Å². The van der Waals surface area contributed by atoms with E-state index < -0.39 is 10.1 Å². The van der Waals surface area contributed by atoms with Crippen molar-refractivity contribution in [2.45, 2.75) is 89.1 Å². The molecule has 0 spiro atoms. The summed E-state index contributed by atoms with van der Waals surface area (Å²) in [5.74, 6) is 3.29. The van der Waals surface area contributed by atoms with Gasteiger partial charge in [-0.1, -0.05) is 38.5 Å². The summed E-state index contributed by atoms with van der Waals surface area (Å²) in [6, 6.07) is 8.62. The molecule has 160 valence electrons. The van der Waals surface area contributed by atoms with Gasteiger partial charge >= 0.3 is 0 Å². The Balaban J connectivity index is 1.31. The smallest absolute Gasteiger partial charge is 0.263 e. The highest BCUT2D eigenvalue weighted by Gasteiger charge is 2.58. The zero-order chi connectivity index (χ0) is 20.3. The molecule has 4 aliphatic carbocycles. The van der Waals surface area contributed by atoms with Crippen LogP contribution in [0.1, 0.15) is 78.1 Å². The zero-order valence-corrected chi connectivity index (χ0v) is 18.8. The van der Waals surface area contributed by atoms with Crippen LogP contribution in [0.3, 0.4) is 0 Å². The molecule has 0 aliphatic heterocycles. The minimum Gasteiger partial charge on any atom is -0.263 e. The third kappa shape index (κ3) is 3.29. The summed E-state index contributed by atoms with van der Waals surface area (Å²) in [7, 11) is -3.66. The summed E-state index contributed by atoms with van der Waals surface area (Å²) in [6.07, 6.45) is 12.5. The predicted molar refractivity (Wildman–Crippen MR) is 115 cm³/mol. The monoisotopic (exact) mass is 416 g/mol. The van der Waals surface area contributed by atoms with E-state index in [1.165, 1.54) is 44.9 Å². The van der Waals surface area contributed by atoms with Crippen LogP contribution in [-0.4, -0.2) is 14.5 Å². The van der Waals surface area contributed by atoms with Crippen molar-refractivity contribution < 1.29 is 12.6 Å². The predicted octanol–water partition coefficient (Wildman–Crippen LogP) is 6.19. The fourth-order valence-electron chi connectivity index (χ4n) is 8.12. The molecule has 4 heteroatoms. The molecule has 0 heterocycles.